The van der Waals surface area contributed by atoms with Crippen molar-refractivity contribution < 1.29 is 14.0 Å². The number of hydrogen-bond donors (Lipinski definition) is 1. The van der Waals surface area contributed by atoms with Gasteiger partial charge in [0.1, 0.15) is 17.6 Å². The number of benzene rings is 1. The first-order valence-corrected chi connectivity index (χ1v) is 5.39. The zero-order valence-corrected chi connectivity index (χ0v) is 9.37. The highest BCUT2D eigenvalue weighted by Crippen LogP contribution is 2.20. The molecule has 1 aromatic rings. The van der Waals surface area contributed by atoms with Crippen molar-refractivity contribution in [1.82, 2.24) is 5.32 Å². The van der Waals surface area contributed by atoms with Gasteiger partial charge in [-0.2, -0.15) is 4.99 Å². The van der Waals surface area contributed by atoms with Crippen LogP contribution in [0.25, 0.3) is 0 Å². The molecule has 1 aliphatic rings. The lowest BCUT2D eigenvalue weighted by atomic mass is 9.96. The summed E-state index contributed by atoms with van der Waals surface area (Å²) in [6.07, 6.45) is 0. The minimum atomic E-state index is -1.03. The number of carbonyl (C=O) groups excluding carboxylic acids is 2. The molecule has 0 spiro atoms. The molecule has 0 aliphatic carbocycles. The summed E-state index contributed by atoms with van der Waals surface area (Å²) >= 11 is 5.48. The van der Waals surface area contributed by atoms with E-state index in [1.807, 2.05) is 0 Å². The van der Waals surface area contributed by atoms with E-state index in [1.54, 1.807) is 0 Å². The number of amidine groups is 1. The quantitative estimate of drug-likeness (QED) is 0.637. The van der Waals surface area contributed by atoms with Crippen molar-refractivity contribution in [2.45, 2.75) is 5.92 Å². The molecule has 4 nitrogen and oxygen atoms in total. The molecule has 0 saturated heterocycles. The van der Waals surface area contributed by atoms with Crippen molar-refractivity contribution >= 4 is 29.3 Å². The van der Waals surface area contributed by atoms with Crippen LogP contribution in [-0.2, 0) is 9.59 Å². The summed E-state index contributed by atoms with van der Waals surface area (Å²) in [6.45, 7) is 0. The number of rotatable bonds is 2. The molecule has 0 radical (unpaired) electrons. The topological polar surface area (TPSA) is 58.5 Å². The van der Waals surface area contributed by atoms with Gasteiger partial charge in [0.2, 0.25) is 5.91 Å². The summed E-state index contributed by atoms with van der Waals surface area (Å²) in [5.41, 5.74) is 0.409. The van der Waals surface area contributed by atoms with Crippen molar-refractivity contribution in [3.63, 3.8) is 0 Å². The Morgan fingerprint density at radius 2 is 1.94 bits per heavy atom. The molecule has 0 aromatic heterocycles. The highest BCUT2D eigenvalue weighted by Gasteiger charge is 2.32. The summed E-state index contributed by atoms with van der Waals surface area (Å²) in [4.78, 5) is 27.0. The fourth-order valence-corrected chi connectivity index (χ4v) is 1.69. The van der Waals surface area contributed by atoms with E-state index in [4.69, 9.17) is 11.6 Å². The summed E-state index contributed by atoms with van der Waals surface area (Å²) < 4.78 is 12.7. The third-order valence-electron chi connectivity index (χ3n) is 2.35. The van der Waals surface area contributed by atoms with Crippen LogP contribution in [0, 0.1) is 5.82 Å². The SMILES string of the molecule is O=C1N=C(CCl)NC(=O)C1c1ccc(F)cc1. The zero-order valence-electron chi connectivity index (χ0n) is 8.61. The predicted molar refractivity (Wildman–Crippen MR) is 60.4 cm³/mol. The van der Waals surface area contributed by atoms with E-state index < -0.39 is 23.5 Å². The molecule has 2 amide bonds. The first-order chi connectivity index (χ1) is 8.11. The molecule has 0 bridgehead atoms. The van der Waals surface area contributed by atoms with Gasteiger partial charge in [-0.05, 0) is 17.7 Å². The summed E-state index contributed by atoms with van der Waals surface area (Å²) in [6, 6.07) is 5.16. The Morgan fingerprint density at radius 1 is 1.29 bits per heavy atom. The third-order valence-corrected chi connectivity index (χ3v) is 2.60. The van der Waals surface area contributed by atoms with Gasteiger partial charge in [-0.25, -0.2) is 4.39 Å². The van der Waals surface area contributed by atoms with Gasteiger partial charge in [-0.1, -0.05) is 12.1 Å². The number of carbonyl (C=O) groups is 2. The van der Waals surface area contributed by atoms with Gasteiger partial charge in [0.05, 0.1) is 5.88 Å². The average molecular weight is 255 g/mol. The van der Waals surface area contributed by atoms with Gasteiger partial charge in [0, 0.05) is 0 Å². The summed E-state index contributed by atoms with van der Waals surface area (Å²) in [7, 11) is 0. The molecule has 0 saturated carbocycles. The number of nitrogens with one attached hydrogen (secondary N) is 1. The average Bonchev–Trinajstić information content (AvgIpc) is 2.30. The predicted octanol–water partition coefficient (Wildman–Crippen LogP) is 1.20. The number of nitrogens with zero attached hydrogens (tertiary/aromatic N) is 1. The lowest BCUT2D eigenvalue weighted by Gasteiger charge is -2.19. The Morgan fingerprint density at radius 3 is 2.47 bits per heavy atom. The lowest BCUT2D eigenvalue weighted by molar-refractivity contribution is -0.129. The smallest absolute Gasteiger partial charge is 0.264 e. The van der Waals surface area contributed by atoms with E-state index in [0.717, 1.165) is 0 Å². The zero-order chi connectivity index (χ0) is 12.4. The van der Waals surface area contributed by atoms with Gasteiger partial charge in [-0.3, -0.25) is 9.59 Å². The number of alkyl halides is 1. The molecule has 1 unspecified atom stereocenters. The highest BCUT2D eigenvalue weighted by atomic mass is 35.5. The van der Waals surface area contributed by atoms with E-state index in [9.17, 15) is 14.0 Å². The highest BCUT2D eigenvalue weighted by molar-refractivity contribution is 6.32. The molecule has 6 heteroatoms. The Hall–Kier alpha value is -1.75. The maximum atomic E-state index is 12.7. The molecule has 1 heterocycles. The number of halogens is 2. The van der Waals surface area contributed by atoms with Crippen molar-refractivity contribution in [3.05, 3.63) is 35.6 Å². The number of hydrogen-bond acceptors (Lipinski definition) is 2. The maximum absolute atomic E-state index is 12.7. The maximum Gasteiger partial charge on any atom is 0.264 e. The Balaban J connectivity index is 2.34. The first kappa shape index (κ1) is 11.7. The van der Waals surface area contributed by atoms with Gasteiger partial charge < -0.3 is 5.32 Å². The molecule has 88 valence electrons. The van der Waals surface area contributed by atoms with Crippen molar-refractivity contribution in [2.24, 2.45) is 4.99 Å². The minimum absolute atomic E-state index is 0.0341. The fraction of sp³-hybridized carbons (Fsp3) is 0.182. The van der Waals surface area contributed by atoms with Crippen molar-refractivity contribution in [3.8, 4) is 0 Å². The number of amides is 2. The standard InChI is InChI=1S/C11H8ClFN2O2/c12-5-8-14-10(16)9(11(17)15-8)6-1-3-7(13)4-2-6/h1-4,9H,5H2,(H,14,15,16,17). The summed E-state index contributed by atoms with van der Waals surface area (Å²) in [5.74, 6) is -2.43. The normalized spacial score (nSPS) is 19.9. The van der Waals surface area contributed by atoms with E-state index in [1.165, 1.54) is 24.3 Å². The molecule has 0 fully saturated rings. The van der Waals surface area contributed by atoms with E-state index in [-0.39, 0.29) is 11.7 Å². The second kappa shape index (κ2) is 4.63. The third kappa shape index (κ3) is 2.34. The van der Waals surface area contributed by atoms with Crippen LogP contribution in [0.5, 0.6) is 0 Å². The molecule has 1 aromatic carbocycles. The van der Waals surface area contributed by atoms with Gasteiger partial charge >= 0.3 is 0 Å². The monoisotopic (exact) mass is 254 g/mol. The lowest BCUT2D eigenvalue weighted by Crippen LogP contribution is -2.43. The van der Waals surface area contributed by atoms with Crippen molar-refractivity contribution in [1.29, 1.82) is 0 Å². The van der Waals surface area contributed by atoms with Gasteiger partial charge in [-0.15, -0.1) is 11.6 Å². The van der Waals surface area contributed by atoms with Crippen molar-refractivity contribution in [2.75, 3.05) is 5.88 Å². The summed E-state index contributed by atoms with van der Waals surface area (Å²) in [5, 5.41) is 2.42. The van der Waals surface area contributed by atoms with Crippen LogP contribution < -0.4 is 5.32 Å². The minimum Gasteiger partial charge on any atom is -0.312 e. The van der Waals surface area contributed by atoms with E-state index >= 15 is 0 Å². The molecule has 1 aliphatic heterocycles. The molecule has 1 N–H and O–H groups in total. The molecule has 1 atom stereocenters. The molecule has 2 rings (SSSR count). The number of aliphatic imine (C=N–C) groups is 1. The van der Waals surface area contributed by atoms with Crippen LogP contribution in [-0.4, -0.2) is 23.5 Å². The van der Waals surface area contributed by atoms with Crippen LogP contribution in [0.15, 0.2) is 29.3 Å². The van der Waals surface area contributed by atoms with Crippen LogP contribution in [0.4, 0.5) is 4.39 Å². The molecular formula is C11H8ClFN2O2. The Labute approximate surface area is 101 Å². The van der Waals surface area contributed by atoms with E-state index in [0.29, 0.717) is 5.56 Å². The van der Waals surface area contributed by atoms with E-state index in [2.05, 4.69) is 10.3 Å². The van der Waals surface area contributed by atoms with Crippen LogP contribution in [0.3, 0.4) is 0 Å². The van der Waals surface area contributed by atoms with Crippen LogP contribution in [0.1, 0.15) is 11.5 Å². The van der Waals surface area contributed by atoms with Gasteiger partial charge in [0.15, 0.2) is 0 Å². The Kier molecular flexibility index (Phi) is 3.19. The second-order valence-corrected chi connectivity index (χ2v) is 3.77. The van der Waals surface area contributed by atoms with Crippen LogP contribution in [0.2, 0.25) is 0 Å². The molecule has 17 heavy (non-hydrogen) atoms. The first-order valence-electron chi connectivity index (χ1n) is 4.85. The van der Waals surface area contributed by atoms with Crippen LogP contribution >= 0.6 is 11.6 Å². The Bertz CT molecular complexity index is 499. The second-order valence-electron chi connectivity index (χ2n) is 3.50. The van der Waals surface area contributed by atoms with Gasteiger partial charge in [0.25, 0.3) is 5.91 Å². The largest absolute Gasteiger partial charge is 0.312 e. The fourth-order valence-electron chi connectivity index (χ4n) is 1.56. The molecular weight excluding hydrogens is 247 g/mol.